The van der Waals surface area contributed by atoms with Gasteiger partial charge in [0.2, 0.25) is 0 Å². The number of nitrogens with zero attached hydrogens (tertiary/aromatic N) is 3. The van der Waals surface area contributed by atoms with E-state index in [4.69, 9.17) is 21.3 Å². The summed E-state index contributed by atoms with van der Waals surface area (Å²) < 4.78 is 5.80. The highest BCUT2D eigenvalue weighted by Gasteiger charge is 2.22. The largest absolute Gasteiger partial charge is 0.493 e. The number of ether oxygens (including phenoxy) is 1. The van der Waals surface area contributed by atoms with Crippen molar-refractivity contribution in [3.63, 3.8) is 0 Å². The van der Waals surface area contributed by atoms with E-state index >= 15 is 0 Å². The maximum absolute atomic E-state index is 6.63. The Kier molecular flexibility index (Phi) is 9.31. The van der Waals surface area contributed by atoms with Gasteiger partial charge in [-0.05, 0) is 32.2 Å². The predicted molar refractivity (Wildman–Crippen MR) is 144 cm³/mol. The number of piperazine rings is 1. The van der Waals surface area contributed by atoms with E-state index in [-0.39, 0.29) is 30.0 Å². The monoisotopic (exact) mass is 569 g/mol. The molecule has 2 aliphatic heterocycles. The second-order valence-electron chi connectivity index (χ2n) is 8.09. The van der Waals surface area contributed by atoms with Crippen LogP contribution in [0.15, 0.2) is 47.5 Å². The molecule has 4 rings (SSSR count). The number of nitrogens with one attached hydrogen (secondary N) is 2. The van der Waals surface area contributed by atoms with Gasteiger partial charge < -0.3 is 25.2 Å². The third kappa shape index (κ3) is 5.99. The van der Waals surface area contributed by atoms with Crippen molar-refractivity contribution < 1.29 is 4.74 Å². The molecule has 1 fully saturated rings. The first-order valence-corrected chi connectivity index (χ1v) is 11.5. The number of benzene rings is 2. The number of hydrogen-bond acceptors (Lipinski definition) is 4. The summed E-state index contributed by atoms with van der Waals surface area (Å²) in [6.07, 6.45) is 0.903. The van der Waals surface area contributed by atoms with Crippen molar-refractivity contribution in [1.82, 2.24) is 15.5 Å². The fraction of sp³-hybridized carbons (Fsp3) is 0.458. The van der Waals surface area contributed by atoms with Crippen molar-refractivity contribution in [2.75, 3.05) is 51.3 Å². The van der Waals surface area contributed by atoms with E-state index in [1.54, 1.807) is 0 Å². The van der Waals surface area contributed by atoms with Crippen molar-refractivity contribution in [1.29, 1.82) is 0 Å². The lowest BCUT2D eigenvalue weighted by Gasteiger charge is -2.35. The van der Waals surface area contributed by atoms with Crippen molar-refractivity contribution >= 4 is 47.2 Å². The number of halogens is 2. The van der Waals surface area contributed by atoms with Gasteiger partial charge in [-0.1, -0.05) is 35.9 Å². The SMILES string of the molecule is CCNC(=NCc1c(Cl)cccc1N1CCN(C)CC1)NC1CCOc2ccccc21.I. The molecule has 2 aliphatic rings. The van der Waals surface area contributed by atoms with Crippen molar-refractivity contribution in [3.8, 4) is 5.75 Å². The average molecular weight is 570 g/mol. The summed E-state index contributed by atoms with van der Waals surface area (Å²) in [5.41, 5.74) is 3.45. The van der Waals surface area contributed by atoms with Crippen LogP contribution < -0.4 is 20.3 Å². The van der Waals surface area contributed by atoms with Crippen LogP contribution in [0.4, 0.5) is 5.69 Å². The standard InChI is InChI=1S/C24H32ClN5O.HI/c1-3-26-24(28-21-11-16-31-23-10-5-4-7-18(21)23)27-17-19-20(25)8-6-9-22(19)30-14-12-29(2)13-15-30;/h4-10,21H,3,11-17H2,1-2H3,(H2,26,27,28);1H. The molecule has 0 amide bonds. The van der Waals surface area contributed by atoms with Crippen molar-refractivity contribution in [3.05, 3.63) is 58.6 Å². The number of aliphatic imine (C=N–C) groups is 1. The molecule has 8 heteroatoms. The lowest BCUT2D eigenvalue weighted by atomic mass is 10.0. The third-order valence-corrected chi connectivity index (χ3v) is 6.30. The Bertz CT molecular complexity index is 917. The van der Waals surface area contributed by atoms with Crippen LogP contribution in [0.25, 0.3) is 0 Å². The average Bonchev–Trinajstić information content (AvgIpc) is 2.79. The number of fused-ring (bicyclic) bond motifs is 1. The van der Waals surface area contributed by atoms with Gasteiger partial charge in [0, 0.05) is 61.0 Å². The van der Waals surface area contributed by atoms with E-state index in [1.165, 1.54) is 11.3 Å². The van der Waals surface area contributed by atoms with Gasteiger partial charge in [0.15, 0.2) is 5.96 Å². The molecular formula is C24H33ClIN5O. The van der Waals surface area contributed by atoms with Crippen LogP contribution in [0, 0.1) is 0 Å². The van der Waals surface area contributed by atoms with Crippen LogP contribution in [0.1, 0.15) is 30.5 Å². The topological polar surface area (TPSA) is 52.1 Å². The van der Waals surface area contributed by atoms with Crippen molar-refractivity contribution in [2.24, 2.45) is 4.99 Å². The molecule has 32 heavy (non-hydrogen) atoms. The van der Waals surface area contributed by atoms with Gasteiger partial charge in [0.05, 0.1) is 19.2 Å². The van der Waals surface area contributed by atoms with Gasteiger partial charge in [-0.25, -0.2) is 4.99 Å². The minimum Gasteiger partial charge on any atom is -0.493 e. The van der Waals surface area contributed by atoms with E-state index in [0.717, 1.165) is 61.4 Å². The van der Waals surface area contributed by atoms with E-state index in [0.29, 0.717) is 13.2 Å². The first kappa shape index (κ1) is 24.9. The molecule has 0 saturated carbocycles. The summed E-state index contributed by atoms with van der Waals surface area (Å²) in [6.45, 7) is 8.24. The Morgan fingerprint density at radius 3 is 2.69 bits per heavy atom. The minimum atomic E-state index is 0. The molecule has 2 N–H and O–H groups in total. The molecule has 1 unspecified atom stereocenters. The smallest absolute Gasteiger partial charge is 0.192 e. The summed E-state index contributed by atoms with van der Waals surface area (Å²) in [5, 5.41) is 7.76. The molecule has 2 heterocycles. The van der Waals surface area contributed by atoms with Crippen molar-refractivity contribution in [2.45, 2.75) is 25.9 Å². The van der Waals surface area contributed by atoms with Gasteiger partial charge in [-0.15, -0.1) is 24.0 Å². The quantitative estimate of drug-likeness (QED) is 0.320. The summed E-state index contributed by atoms with van der Waals surface area (Å²) in [5.74, 6) is 1.75. The van der Waals surface area contributed by atoms with Gasteiger partial charge >= 0.3 is 0 Å². The Morgan fingerprint density at radius 2 is 1.91 bits per heavy atom. The zero-order valence-corrected chi connectivity index (χ0v) is 21.9. The van der Waals surface area contributed by atoms with Crippen LogP contribution in [0.3, 0.4) is 0 Å². The van der Waals surface area contributed by atoms with Gasteiger partial charge in [-0.2, -0.15) is 0 Å². The first-order chi connectivity index (χ1) is 15.2. The molecule has 6 nitrogen and oxygen atoms in total. The van der Waals surface area contributed by atoms with E-state index in [9.17, 15) is 0 Å². The summed E-state index contributed by atoms with van der Waals surface area (Å²) >= 11 is 6.63. The lowest BCUT2D eigenvalue weighted by Crippen LogP contribution is -2.44. The zero-order chi connectivity index (χ0) is 21.6. The Morgan fingerprint density at radius 1 is 1.12 bits per heavy atom. The third-order valence-electron chi connectivity index (χ3n) is 5.95. The minimum absolute atomic E-state index is 0. The highest BCUT2D eigenvalue weighted by Crippen LogP contribution is 2.32. The molecular weight excluding hydrogens is 537 g/mol. The molecule has 1 saturated heterocycles. The van der Waals surface area contributed by atoms with Gasteiger partial charge in [0.1, 0.15) is 5.75 Å². The molecule has 0 aliphatic carbocycles. The number of likely N-dealkylation sites (N-methyl/N-ethyl adjacent to an activating group) is 1. The first-order valence-electron chi connectivity index (χ1n) is 11.1. The van der Waals surface area contributed by atoms with Crippen LogP contribution in [-0.2, 0) is 6.54 Å². The Balaban J connectivity index is 0.00000289. The van der Waals surface area contributed by atoms with Gasteiger partial charge in [-0.3, -0.25) is 0 Å². The summed E-state index contributed by atoms with van der Waals surface area (Å²) in [7, 11) is 2.17. The van der Waals surface area contributed by atoms with E-state index in [2.05, 4.69) is 52.6 Å². The Labute approximate surface area is 213 Å². The highest BCUT2D eigenvalue weighted by molar-refractivity contribution is 14.0. The number of hydrogen-bond donors (Lipinski definition) is 2. The molecule has 0 radical (unpaired) electrons. The maximum Gasteiger partial charge on any atom is 0.192 e. The molecule has 2 aromatic carbocycles. The van der Waals surface area contributed by atoms with Crippen LogP contribution >= 0.6 is 35.6 Å². The highest BCUT2D eigenvalue weighted by atomic mass is 127. The summed E-state index contributed by atoms with van der Waals surface area (Å²) in [4.78, 5) is 9.70. The molecule has 2 aromatic rings. The second kappa shape index (κ2) is 12.0. The fourth-order valence-electron chi connectivity index (χ4n) is 4.18. The normalized spacial score (nSPS) is 18.9. The number of para-hydroxylation sites is 1. The number of guanidine groups is 1. The van der Waals surface area contributed by atoms with Crippen LogP contribution in [0.2, 0.25) is 5.02 Å². The second-order valence-corrected chi connectivity index (χ2v) is 8.50. The summed E-state index contributed by atoms with van der Waals surface area (Å²) in [6, 6.07) is 14.5. The van der Waals surface area contributed by atoms with E-state index in [1.807, 2.05) is 24.3 Å². The fourth-order valence-corrected chi connectivity index (χ4v) is 4.41. The molecule has 174 valence electrons. The number of rotatable bonds is 5. The predicted octanol–water partition coefficient (Wildman–Crippen LogP) is 4.29. The van der Waals surface area contributed by atoms with Gasteiger partial charge in [0.25, 0.3) is 0 Å². The lowest BCUT2D eigenvalue weighted by molar-refractivity contribution is 0.261. The molecule has 0 aromatic heterocycles. The Hall–Kier alpha value is -1.71. The number of anilines is 1. The molecule has 0 bridgehead atoms. The molecule has 0 spiro atoms. The zero-order valence-electron chi connectivity index (χ0n) is 18.8. The molecule has 1 atom stereocenters. The van der Waals surface area contributed by atoms with Crippen LogP contribution in [0.5, 0.6) is 5.75 Å². The maximum atomic E-state index is 6.63. The van der Waals surface area contributed by atoms with E-state index < -0.39 is 0 Å². The van der Waals surface area contributed by atoms with Crippen LogP contribution in [-0.4, -0.2) is 57.2 Å².